The van der Waals surface area contributed by atoms with Crippen LogP contribution in [0.3, 0.4) is 0 Å². The lowest BCUT2D eigenvalue weighted by molar-refractivity contribution is -0.156. The maximum absolute atomic E-state index is 12.3. The first-order chi connectivity index (χ1) is 12.5. The van der Waals surface area contributed by atoms with Crippen LogP contribution in [0.25, 0.3) is 0 Å². The van der Waals surface area contributed by atoms with Crippen molar-refractivity contribution in [2.24, 2.45) is 5.92 Å². The van der Waals surface area contributed by atoms with Gasteiger partial charge in [-0.15, -0.1) is 0 Å². The molecular formula is C20H28O7. The largest absolute Gasteiger partial charge is 0.458 e. The molecule has 7 heteroatoms. The van der Waals surface area contributed by atoms with Crippen LogP contribution in [-0.2, 0) is 19.1 Å². The summed E-state index contributed by atoms with van der Waals surface area (Å²) in [5.74, 6) is -1.94. The molecule has 6 atom stereocenters. The van der Waals surface area contributed by atoms with Gasteiger partial charge in [0, 0.05) is 24.0 Å². The lowest BCUT2D eigenvalue weighted by Crippen LogP contribution is -2.48. The second-order valence-corrected chi connectivity index (χ2v) is 7.58. The Morgan fingerprint density at radius 1 is 1.44 bits per heavy atom. The highest BCUT2D eigenvalue weighted by molar-refractivity contribution is 5.92. The minimum Gasteiger partial charge on any atom is -0.458 e. The molecule has 0 aromatic rings. The van der Waals surface area contributed by atoms with Crippen molar-refractivity contribution < 1.29 is 34.4 Å². The summed E-state index contributed by atoms with van der Waals surface area (Å²) in [6, 6.07) is 0. The van der Waals surface area contributed by atoms with E-state index in [0.29, 0.717) is 11.1 Å². The van der Waals surface area contributed by atoms with Crippen molar-refractivity contribution in [1.82, 2.24) is 0 Å². The standard InChI is InChI=1S/C20H28O7/c1-6-10(2)18(23)27-15-9-20(5,25)16(22)8-13(21)11(3)7-14-17(15)12(4)19(24)26-14/h6-7,13-17,21-22,25H,4,8-9H2,1-3,5H3. The summed E-state index contributed by atoms with van der Waals surface area (Å²) in [5, 5.41) is 31.5. The fourth-order valence-electron chi connectivity index (χ4n) is 3.34. The second kappa shape index (κ2) is 7.96. The van der Waals surface area contributed by atoms with E-state index in [1.54, 1.807) is 32.9 Å². The van der Waals surface area contributed by atoms with E-state index in [2.05, 4.69) is 6.58 Å². The molecule has 0 radical (unpaired) electrons. The van der Waals surface area contributed by atoms with Gasteiger partial charge in [0.15, 0.2) is 0 Å². The molecule has 0 aromatic heterocycles. The third-order valence-electron chi connectivity index (χ3n) is 5.41. The molecule has 0 spiro atoms. The van der Waals surface area contributed by atoms with Crippen LogP contribution in [0.4, 0.5) is 0 Å². The van der Waals surface area contributed by atoms with Gasteiger partial charge in [-0.3, -0.25) is 0 Å². The summed E-state index contributed by atoms with van der Waals surface area (Å²) in [4.78, 5) is 24.4. The smallest absolute Gasteiger partial charge is 0.334 e. The van der Waals surface area contributed by atoms with Gasteiger partial charge in [-0.2, -0.15) is 0 Å². The van der Waals surface area contributed by atoms with Crippen LogP contribution in [0.2, 0.25) is 0 Å². The number of hydrogen-bond acceptors (Lipinski definition) is 7. The van der Waals surface area contributed by atoms with Gasteiger partial charge in [0.2, 0.25) is 0 Å². The Kier molecular flexibility index (Phi) is 6.29. The molecule has 1 aliphatic carbocycles. The highest BCUT2D eigenvalue weighted by atomic mass is 16.6. The molecule has 2 aliphatic rings. The van der Waals surface area contributed by atoms with E-state index in [1.165, 1.54) is 6.92 Å². The number of rotatable bonds is 2. The van der Waals surface area contributed by atoms with Crippen molar-refractivity contribution in [3.05, 3.63) is 35.5 Å². The topological polar surface area (TPSA) is 113 Å². The first-order valence-corrected chi connectivity index (χ1v) is 8.98. The van der Waals surface area contributed by atoms with Crippen molar-refractivity contribution >= 4 is 11.9 Å². The van der Waals surface area contributed by atoms with Gasteiger partial charge < -0.3 is 24.8 Å². The average molecular weight is 380 g/mol. The van der Waals surface area contributed by atoms with Crippen molar-refractivity contribution in [1.29, 1.82) is 0 Å². The number of aliphatic hydroxyl groups is 3. The summed E-state index contributed by atoms with van der Waals surface area (Å²) in [7, 11) is 0. The van der Waals surface area contributed by atoms with Crippen LogP contribution in [-0.4, -0.2) is 57.3 Å². The molecule has 1 heterocycles. The van der Waals surface area contributed by atoms with Gasteiger partial charge in [0.25, 0.3) is 0 Å². The van der Waals surface area contributed by atoms with E-state index >= 15 is 0 Å². The zero-order chi connectivity index (χ0) is 20.5. The van der Waals surface area contributed by atoms with Gasteiger partial charge in [-0.25, -0.2) is 9.59 Å². The minimum absolute atomic E-state index is 0.101. The minimum atomic E-state index is -1.66. The number of carbonyl (C=O) groups is 2. The number of allylic oxidation sites excluding steroid dienone is 1. The van der Waals surface area contributed by atoms with Crippen molar-refractivity contribution in [2.75, 3.05) is 0 Å². The second-order valence-electron chi connectivity index (χ2n) is 7.58. The molecule has 3 N–H and O–H groups in total. The van der Waals surface area contributed by atoms with E-state index < -0.39 is 47.9 Å². The molecule has 2 rings (SSSR count). The van der Waals surface area contributed by atoms with Crippen LogP contribution in [0.5, 0.6) is 0 Å². The molecule has 1 fully saturated rings. The van der Waals surface area contributed by atoms with E-state index in [-0.39, 0.29) is 18.4 Å². The lowest BCUT2D eigenvalue weighted by atomic mass is 9.79. The quantitative estimate of drug-likeness (QED) is 0.374. The SMILES string of the molecule is C=C1C(=O)OC2C=C(C)C(O)CC(O)C(C)(O)CC(OC(=O)C(C)=CC)C12. The number of carbonyl (C=O) groups excluding carboxylic acids is 2. The monoisotopic (exact) mass is 380 g/mol. The first kappa shape index (κ1) is 21.3. The third kappa shape index (κ3) is 4.48. The Bertz CT molecular complexity index is 688. The Morgan fingerprint density at radius 3 is 2.67 bits per heavy atom. The van der Waals surface area contributed by atoms with Crippen molar-refractivity contribution in [3.8, 4) is 0 Å². The Labute approximate surface area is 159 Å². The molecule has 0 amide bonds. The molecule has 1 aliphatic heterocycles. The number of ether oxygens (including phenoxy) is 2. The van der Waals surface area contributed by atoms with Gasteiger partial charge in [0.05, 0.1) is 23.7 Å². The Morgan fingerprint density at radius 2 is 2.07 bits per heavy atom. The molecule has 7 nitrogen and oxygen atoms in total. The Balaban J connectivity index is 2.50. The van der Waals surface area contributed by atoms with Gasteiger partial charge in [-0.1, -0.05) is 12.7 Å². The van der Waals surface area contributed by atoms with Gasteiger partial charge >= 0.3 is 11.9 Å². The summed E-state index contributed by atoms with van der Waals surface area (Å²) < 4.78 is 10.9. The molecule has 150 valence electrons. The summed E-state index contributed by atoms with van der Waals surface area (Å²) in [6.45, 7) is 10.1. The number of fused-ring (bicyclic) bond motifs is 1. The number of esters is 2. The van der Waals surface area contributed by atoms with Crippen molar-refractivity contribution in [2.45, 2.75) is 70.6 Å². The van der Waals surface area contributed by atoms with E-state index in [0.717, 1.165) is 0 Å². The van der Waals surface area contributed by atoms with Crippen LogP contribution < -0.4 is 0 Å². The zero-order valence-electron chi connectivity index (χ0n) is 16.1. The van der Waals surface area contributed by atoms with E-state index in [9.17, 15) is 24.9 Å². The van der Waals surface area contributed by atoms with E-state index in [4.69, 9.17) is 9.47 Å². The predicted molar refractivity (Wildman–Crippen MR) is 97.4 cm³/mol. The molecule has 6 unspecified atom stereocenters. The van der Waals surface area contributed by atoms with E-state index in [1.807, 2.05) is 0 Å². The molecule has 27 heavy (non-hydrogen) atoms. The number of hydrogen-bond donors (Lipinski definition) is 3. The zero-order valence-corrected chi connectivity index (χ0v) is 16.1. The maximum Gasteiger partial charge on any atom is 0.334 e. The lowest BCUT2D eigenvalue weighted by Gasteiger charge is -2.37. The molecule has 0 saturated carbocycles. The first-order valence-electron chi connectivity index (χ1n) is 8.98. The van der Waals surface area contributed by atoms with Crippen LogP contribution >= 0.6 is 0 Å². The highest BCUT2D eigenvalue weighted by Crippen LogP contribution is 2.38. The summed E-state index contributed by atoms with van der Waals surface area (Å²) in [6.07, 6.45) is -1.06. The molecular weight excluding hydrogens is 352 g/mol. The third-order valence-corrected chi connectivity index (χ3v) is 5.41. The van der Waals surface area contributed by atoms with Crippen LogP contribution in [0.15, 0.2) is 35.5 Å². The van der Waals surface area contributed by atoms with Gasteiger partial charge in [0.1, 0.15) is 12.2 Å². The fraction of sp³-hybridized carbons (Fsp3) is 0.600. The normalized spacial score (nSPS) is 38.0. The fourth-order valence-corrected chi connectivity index (χ4v) is 3.34. The van der Waals surface area contributed by atoms with Crippen LogP contribution in [0, 0.1) is 5.92 Å². The molecule has 1 saturated heterocycles. The van der Waals surface area contributed by atoms with Crippen LogP contribution in [0.1, 0.15) is 40.5 Å². The molecule has 0 aromatic carbocycles. The van der Waals surface area contributed by atoms with Gasteiger partial charge in [-0.05, 0) is 39.3 Å². The van der Waals surface area contributed by atoms with Crippen molar-refractivity contribution in [3.63, 3.8) is 0 Å². The molecule has 0 bridgehead atoms. The summed E-state index contributed by atoms with van der Waals surface area (Å²) in [5.41, 5.74) is -0.676. The summed E-state index contributed by atoms with van der Waals surface area (Å²) >= 11 is 0. The highest BCUT2D eigenvalue weighted by Gasteiger charge is 2.48. The Hall–Kier alpha value is -1.96. The maximum atomic E-state index is 12.3. The average Bonchev–Trinajstić information content (AvgIpc) is 2.86. The predicted octanol–water partition coefficient (Wildman–Crippen LogP) is 1.18. The number of aliphatic hydroxyl groups excluding tert-OH is 2.